The Labute approximate surface area is 130 Å². The molecule has 2 aromatic rings. The van der Waals surface area contributed by atoms with Crippen LogP contribution in [-0.4, -0.2) is 11.8 Å². The Hall–Kier alpha value is -2.62. The molecule has 0 spiro atoms. The van der Waals surface area contributed by atoms with E-state index in [-0.39, 0.29) is 11.8 Å². The van der Waals surface area contributed by atoms with Gasteiger partial charge in [0.05, 0.1) is 11.3 Å². The third-order valence-electron chi connectivity index (χ3n) is 3.40. The third kappa shape index (κ3) is 3.52. The van der Waals surface area contributed by atoms with Crippen LogP contribution in [0.1, 0.15) is 34.0 Å². The minimum atomic E-state index is -0.237. The normalized spacial score (nSPS) is 10.2. The van der Waals surface area contributed by atoms with Crippen LogP contribution in [0.3, 0.4) is 0 Å². The number of hydrogen-bond acceptors (Lipinski definition) is 2. The van der Waals surface area contributed by atoms with Crippen molar-refractivity contribution in [1.29, 1.82) is 0 Å². The molecular weight excluding hydrogens is 276 g/mol. The Morgan fingerprint density at radius 1 is 0.909 bits per heavy atom. The van der Waals surface area contributed by atoms with E-state index in [1.807, 2.05) is 32.9 Å². The molecule has 22 heavy (non-hydrogen) atoms. The van der Waals surface area contributed by atoms with Crippen LogP contribution >= 0.6 is 0 Å². The molecule has 0 fully saturated rings. The van der Waals surface area contributed by atoms with Crippen LogP contribution in [0.4, 0.5) is 11.4 Å². The van der Waals surface area contributed by atoms with E-state index in [1.165, 1.54) is 6.92 Å². The molecule has 0 aromatic heterocycles. The molecule has 0 saturated carbocycles. The predicted molar refractivity (Wildman–Crippen MR) is 89.4 cm³/mol. The van der Waals surface area contributed by atoms with Gasteiger partial charge in [-0.05, 0) is 44.0 Å². The summed E-state index contributed by atoms with van der Waals surface area (Å²) in [6.45, 7) is 7.38. The number of amides is 2. The molecule has 0 aliphatic rings. The fourth-order valence-electron chi connectivity index (χ4n) is 2.54. The van der Waals surface area contributed by atoms with Crippen LogP contribution in [-0.2, 0) is 4.79 Å². The molecule has 2 amide bonds. The van der Waals surface area contributed by atoms with Gasteiger partial charge >= 0.3 is 0 Å². The standard InChI is InChI=1S/C18H20N2O2/c1-11-9-12(2)17(13(3)10-11)20-18(22)15-7-5-6-8-16(15)19-14(4)21/h5-10H,1-4H3,(H,19,21)(H,20,22). The van der Waals surface area contributed by atoms with Gasteiger partial charge in [0.2, 0.25) is 5.91 Å². The highest BCUT2D eigenvalue weighted by atomic mass is 16.2. The van der Waals surface area contributed by atoms with Crippen LogP contribution in [0, 0.1) is 20.8 Å². The molecule has 2 N–H and O–H groups in total. The topological polar surface area (TPSA) is 58.2 Å². The number of carbonyl (C=O) groups excluding carboxylic acids is 2. The number of nitrogens with one attached hydrogen (secondary N) is 2. The van der Waals surface area contributed by atoms with E-state index in [2.05, 4.69) is 10.6 Å². The Bertz CT molecular complexity index is 713. The zero-order valence-electron chi connectivity index (χ0n) is 13.3. The van der Waals surface area contributed by atoms with Crippen molar-refractivity contribution in [3.63, 3.8) is 0 Å². The molecule has 0 atom stereocenters. The molecule has 0 heterocycles. The smallest absolute Gasteiger partial charge is 0.257 e. The summed E-state index contributed by atoms with van der Waals surface area (Å²) < 4.78 is 0. The average molecular weight is 296 g/mol. The lowest BCUT2D eigenvalue weighted by Crippen LogP contribution is -2.17. The summed E-state index contributed by atoms with van der Waals surface area (Å²) in [7, 11) is 0. The van der Waals surface area contributed by atoms with E-state index >= 15 is 0 Å². The van der Waals surface area contributed by atoms with Crippen LogP contribution in [0.2, 0.25) is 0 Å². The molecular formula is C18H20N2O2. The monoisotopic (exact) mass is 296 g/mol. The molecule has 0 saturated heterocycles. The summed E-state index contributed by atoms with van der Waals surface area (Å²) in [6.07, 6.45) is 0. The number of carbonyl (C=O) groups is 2. The SMILES string of the molecule is CC(=O)Nc1ccccc1C(=O)Nc1c(C)cc(C)cc1C. The highest BCUT2D eigenvalue weighted by molar-refractivity contribution is 6.10. The van der Waals surface area contributed by atoms with Gasteiger partial charge in [0.1, 0.15) is 0 Å². The van der Waals surface area contributed by atoms with Gasteiger partial charge in [-0.2, -0.15) is 0 Å². The highest BCUT2D eigenvalue weighted by Crippen LogP contribution is 2.24. The van der Waals surface area contributed by atoms with Crippen molar-refractivity contribution >= 4 is 23.2 Å². The maximum atomic E-state index is 12.5. The van der Waals surface area contributed by atoms with E-state index in [1.54, 1.807) is 24.3 Å². The van der Waals surface area contributed by atoms with E-state index in [0.29, 0.717) is 11.3 Å². The quantitative estimate of drug-likeness (QED) is 0.904. The van der Waals surface area contributed by atoms with E-state index in [9.17, 15) is 9.59 Å². The highest BCUT2D eigenvalue weighted by Gasteiger charge is 2.14. The lowest BCUT2D eigenvalue weighted by molar-refractivity contribution is -0.114. The summed E-state index contributed by atoms with van der Waals surface area (Å²) >= 11 is 0. The Balaban J connectivity index is 2.33. The van der Waals surface area contributed by atoms with Crippen molar-refractivity contribution in [2.75, 3.05) is 10.6 Å². The number of hydrogen-bond donors (Lipinski definition) is 2. The Kier molecular flexibility index (Phi) is 4.61. The molecule has 0 bridgehead atoms. The van der Waals surface area contributed by atoms with E-state index in [0.717, 1.165) is 22.4 Å². The number of anilines is 2. The molecule has 0 aliphatic heterocycles. The van der Waals surface area contributed by atoms with Gasteiger partial charge in [0.15, 0.2) is 0 Å². The molecule has 4 heteroatoms. The van der Waals surface area contributed by atoms with Gasteiger partial charge in [-0.3, -0.25) is 9.59 Å². The number of aryl methyl sites for hydroxylation is 3. The second-order valence-corrected chi connectivity index (χ2v) is 5.45. The van der Waals surface area contributed by atoms with Gasteiger partial charge in [0.25, 0.3) is 5.91 Å². The van der Waals surface area contributed by atoms with Gasteiger partial charge in [-0.15, -0.1) is 0 Å². The number of rotatable bonds is 3. The fraction of sp³-hybridized carbons (Fsp3) is 0.222. The molecule has 2 rings (SSSR count). The van der Waals surface area contributed by atoms with Gasteiger partial charge in [-0.25, -0.2) is 0 Å². The third-order valence-corrected chi connectivity index (χ3v) is 3.40. The first-order valence-electron chi connectivity index (χ1n) is 7.14. The predicted octanol–water partition coefficient (Wildman–Crippen LogP) is 3.82. The van der Waals surface area contributed by atoms with Crippen molar-refractivity contribution in [2.45, 2.75) is 27.7 Å². The summed E-state index contributed by atoms with van der Waals surface area (Å²) in [4.78, 5) is 23.8. The molecule has 114 valence electrons. The van der Waals surface area contributed by atoms with Gasteiger partial charge in [0, 0.05) is 12.6 Å². The van der Waals surface area contributed by atoms with Crippen molar-refractivity contribution in [3.8, 4) is 0 Å². The van der Waals surface area contributed by atoms with Crippen molar-refractivity contribution in [3.05, 3.63) is 58.7 Å². The average Bonchev–Trinajstić information content (AvgIpc) is 2.42. The van der Waals surface area contributed by atoms with Crippen molar-refractivity contribution in [2.24, 2.45) is 0 Å². The largest absolute Gasteiger partial charge is 0.326 e. The van der Waals surface area contributed by atoms with E-state index in [4.69, 9.17) is 0 Å². The number of para-hydroxylation sites is 1. The summed E-state index contributed by atoms with van der Waals surface area (Å²) in [5, 5.41) is 5.62. The van der Waals surface area contributed by atoms with E-state index < -0.39 is 0 Å². The summed E-state index contributed by atoms with van der Waals surface area (Å²) in [6, 6.07) is 11.0. The van der Waals surface area contributed by atoms with Gasteiger partial charge < -0.3 is 10.6 Å². The zero-order chi connectivity index (χ0) is 16.3. The maximum absolute atomic E-state index is 12.5. The second kappa shape index (κ2) is 6.43. The van der Waals surface area contributed by atoms with Crippen LogP contribution in [0.25, 0.3) is 0 Å². The molecule has 0 unspecified atom stereocenters. The Morgan fingerprint density at radius 2 is 1.50 bits per heavy atom. The lowest BCUT2D eigenvalue weighted by atomic mass is 10.0. The fourth-order valence-corrected chi connectivity index (χ4v) is 2.54. The lowest BCUT2D eigenvalue weighted by Gasteiger charge is -2.14. The van der Waals surface area contributed by atoms with Crippen molar-refractivity contribution in [1.82, 2.24) is 0 Å². The van der Waals surface area contributed by atoms with Gasteiger partial charge in [-0.1, -0.05) is 29.8 Å². The maximum Gasteiger partial charge on any atom is 0.257 e. The first-order chi connectivity index (χ1) is 10.4. The molecule has 2 aromatic carbocycles. The molecule has 0 aliphatic carbocycles. The first-order valence-corrected chi connectivity index (χ1v) is 7.14. The number of benzene rings is 2. The Morgan fingerprint density at radius 3 is 2.09 bits per heavy atom. The first kappa shape index (κ1) is 15.8. The van der Waals surface area contributed by atoms with Crippen molar-refractivity contribution < 1.29 is 9.59 Å². The molecule has 4 nitrogen and oxygen atoms in total. The van der Waals surface area contributed by atoms with Crippen LogP contribution < -0.4 is 10.6 Å². The minimum absolute atomic E-state index is 0.206. The summed E-state index contributed by atoms with van der Waals surface area (Å²) in [5.74, 6) is -0.442. The second-order valence-electron chi connectivity index (χ2n) is 5.45. The zero-order valence-corrected chi connectivity index (χ0v) is 13.3. The van der Waals surface area contributed by atoms with Crippen LogP contribution in [0.15, 0.2) is 36.4 Å². The minimum Gasteiger partial charge on any atom is -0.326 e. The molecule has 0 radical (unpaired) electrons. The summed E-state index contributed by atoms with van der Waals surface area (Å²) in [5.41, 5.74) is 4.96. The van der Waals surface area contributed by atoms with Crippen LogP contribution in [0.5, 0.6) is 0 Å².